The first kappa shape index (κ1) is 18.3. The molecule has 2 unspecified atom stereocenters. The van der Waals surface area contributed by atoms with E-state index in [9.17, 15) is 5.11 Å². The summed E-state index contributed by atoms with van der Waals surface area (Å²) in [7, 11) is 0. The second-order valence-electron chi connectivity index (χ2n) is 7.53. The first-order valence-corrected chi connectivity index (χ1v) is 9.60. The zero-order valence-electron chi connectivity index (χ0n) is 15.6. The van der Waals surface area contributed by atoms with E-state index in [1.165, 1.54) is 38.9 Å². The molecule has 2 atom stereocenters. The summed E-state index contributed by atoms with van der Waals surface area (Å²) in [6.45, 7) is 10.8. The highest BCUT2D eigenvalue weighted by atomic mass is 16.4. The molecule has 2 aliphatic heterocycles. The van der Waals surface area contributed by atoms with Crippen molar-refractivity contribution in [2.75, 3.05) is 45.8 Å². The first-order valence-electron chi connectivity index (χ1n) is 9.60. The largest absolute Gasteiger partial charge is 0.466 e. The summed E-state index contributed by atoms with van der Waals surface area (Å²) in [5, 5.41) is 14.0. The molecule has 2 aliphatic rings. The fourth-order valence-corrected chi connectivity index (χ4v) is 3.82. The maximum atomic E-state index is 10.6. The Balaban J connectivity index is 1.58. The highest BCUT2D eigenvalue weighted by molar-refractivity contribution is 5.80. The van der Waals surface area contributed by atoms with Crippen LogP contribution in [0.3, 0.4) is 0 Å². The number of aliphatic imine (C=N–C) groups is 1. The third-order valence-electron chi connectivity index (χ3n) is 5.22. The van der Waals surface area contributed by atoms with E-state index >= 15 is 0 Å². The van der Waals surface area contributed by atoms with E-state index in [1.54, 1.807) is 25.3 Å². The molecular formula is C19H32N4O2. The first-order chi connectivity index (χ1) is 12.1. The number of nitrogens with one attached hydrogen (secondary N) is 1. The molecule has 6 nitrogen and oxygen atoms in total. The average Bonchev–Trinajstić information content (AvgIpc) is 3.33. The molecule has 0 aliphatic carbocycles. The van der Waals surface area contributed by atoms with Gasteiger partial charge >= 0.3 is 0 Å². The minimum atomic E-state index is -1.08. The Morgan fingerprint density at radius 1 is 1.40 bits per heavy atom. The van der Waals surface area contributed by atoms with Crippen molar-refractivity contribution >= 4 is 5.96 Å². The van der Waals surface area contributed by atoms with Gasteiger partial charge < -0.3 is 24.6 Å². The normalized spacial score (nSPS) is 24.7. The number of nitrogens with zero attached hydrogens (tertiary/aromatic N) is 3. The van der Waals surface area contributed by atoms with Gasteiger partial charge in [0.15, 0.2) is 5.96 Å². The molecule has 0 bridgehead atoms. The van der Waals surface area contributed by atoms with Crippen molar-refractivity contribution in [2.24, 2.45) is 10.9 Å². The number of hydrogen-bond donors (Lipinski definition) is 2. The summed E-state index contributed by atoms with van der Waals surface area (Å²) in [5.41, 5.74) is -1.08. The van der Waals surface area contributed by atoms with E-state index in [1.807, 2.05) is 0 Å². The summed E-state index contributed by atoms with van der Waals surface area (Å²) in [5.74, 6) is 2.17. The monoisotopic (exact) mass is 348 g/mol. The van der Waals surface area contributed by atoms with E-state index in [2.05, 4.69) is 22.0 Å². The van der Waals surface area contributed by atoms with Crippen LogP contribution >= 0.6 is 0 Å². The Morgan fingerprint density at radius 3 is 2.88 bits per heavy atom. The third-order valence-corrected chi connectivity index (χ3v) is 5.22. The predicted molar refractivity (Wildman–Crippen MR) is 99.6 cm³/mol. The van der Waals surface area contributed by atoms with Gasteiger partial charge in [-0.2, -0.15) is 0 Å². The highest BCUT2D eigenvalue weighted by Gasteiger charge is 2.29. The molecular weight excluding hydrogens is 316 g/mol. The minimum Gasteiger partial charge on any atom is -0.466 e. The summed E-state index contributed by atoms with van der Waals surface area (Å²) >= 11 is 0. The molecule has 0 aromatic carbocycles. The standard InChI is InChI=1S/C19H32N4O2/c1-3-20-18(21-15-19(2,24)17-7-6-12-25-17)23-11-8-16(14-23)13-22-9-4-5-10-22/h6-7,12,16,24H,3-5,8-11,13-15H2,1-2H3,(H,20,21). The van der Waals surface area contributed by atoms with Crippen LogP contribution in [0.5, 0.6) is 0 Å². The van der Waals surface area contributed by atoms with Gasteiger partial charge in [0.1, 0.15) is 11.4 Å². The zero-order chi connectivity index (χ0) is 17.7. The zero-order valence-corrected chi connectivity index (χ0v) is 15.6. The summed E-state index contributed by atoms with van der Waals surface area (Å²) in [6, 6.07) is 3.59. The van der Waals surface area contributed by atoms with E-state index in [0.29, 0.717) is 11.7 Å². The van der Waals surface area contributed by atoms with Crippen molar-refractivity contribution in [3.8, 4) is 0 Å². The molecule has 1 aromatic rings. The lowest BCUT2D eigenvalue weighted by atomic mass is 10.0. The number of hydrogen-bond acceptors (Lipinski definition) is 4. The fraction of sp³-hybridized carbons (Fsp3) is 0.737. The molecule has 0 saturated carbocycles. The number of aliphatic hydroxyl groups is 1. The van der Waals surface area contributed by atoms with Crippen LogP contribution in [0, 0.1) is 5.92 Å². The lowest BCUT2D eigenvalue weighted by Gasteiger charge is -2.25. The van der Waals surface area contributed by atoms with Crippen molar-refractivity contribution in [2.45, 2.75) is 38.7 Å². The van der Waals surface area contributed by atoms with Crippen molar-refractivity contribution in [3.63, 3.8) is 0 Å². The quantitative estimate of drug-likeness (QED) is 0.607. The van der Waals surface area contributed by atoms with E-state index in [4.69, 9.17) is 9.41 Å². The third kappa shape index (κ3) is 4.76. The van der Waals surface area contributed by atoms with Gasteiger partial charge in [-0.25, -0.2) is 4.99 Å². The number of guanidine groups is 1. The van der Waals surface area contributed by atoms with Gasteiger partial charge in [0.2, 0.25) is 0 Å². The fourth-order valence-electron chi connectivity index (χ4n) is 3.82. The Bertz CT molecular complexity index is 550. The predicted octanol–water partition coefficient (Wildman–Crippen LogP) is 1.87. The van der Waals surface area contributed by atoms with Gasteiger partial charge in [-0.1, -0.05) is 0 Å². The molecule has 3 heterocycles. The second-order valence-corrected chi connectivity index (χ2v) is 7.53. The van der Waals surface area contributed by atoms with Crippen molar-refractivity contribution in [3.05, 3.63) is 24.2 Å². The summed E-state index contributed by atoms with van der Waals surface area (Å²) in [6.07, 6.45) is 5.50. The molecule has 140 valence electrons. The Morgan fingerprint density at radius 2 is 2.20 bits per heavy atom. The van der Waals surface area contributed by atoms with Gasteiger partial charge in [0.05, 0.1) is 12.8 Å². The van der Waals surface area contributed by atoms with Crippen LogP contribution in [-0.2, 0) is 5.60 Å². The molecule has 0 radical (unpaired) electrons. The van der Waals surface area contributed by atoms with Gasteiger partial charge in [0, 0.05) is 26.2 Å². The lowest BCUT2D eigenvalue weighted by molar-refractivity contribution is 0.0435. The van der Waals surface area contributed by atoms with E-state index in [0.717, 1.165) is 25.6 Å². The number of rotatable bonds is 6. The molecule has 25 heavy (non-hydrogen) atoms. The van der Waals surface area contributed by atoms with Crippen LogP contribution < -0.4 is 5.32 Å². The summed E-state index contributed by atoms with van der Waals surface area (Å²) in [4.78, 5) is 9.63. The molecule has 0 amide bonds. The Labute approximate surface area is 150 Å². The van der Waals surface area contributed by atoms with Crippen LogP contribution in [0.15, 0.2) is 27.8 Å². The molecule has 2 fully saturated rings. The second kappa shape index (κ2) is 8.23. The number of furan rings is 1. The molecule has 1 aromatic heterocycles. The molecule has 0 spiro atoms. The Hall–Kier alpha value is -1.53. The van der Waals surface area contributed by atoms with Crippen molar-refractivity contribution < 1.29 is 9.52 Å². The van der Waals surface area contributed by atoms with Gasteiger partial charge in [0.25, 0.3) is 0 Å². The highest BCUT2D eigenvalue weighted by Crippen LogP contribution is 2.23. The molecule has 2 saturated heterocycles. The van der Waals surface area contributed by atoms with Gasteiger partial charge in [-0.15, -0.1) is 0 Å². The molecule has 2 N–H and O–H groups in total. The SMILES string of the molecule is CCNC(=NCC(C)(O)c1ccco1)N1CCC(CN2CCCC2)C1. The maximum Gasteiger partial charge on any atom is 0.194 e. The van der Waals surface area contributed by atoms with Gasteiger partial charge in [-0.3, -0.25) is 0 Å². The van der Waals surface area contributed by atoms with Crippen LogP contribution in [0.2, 0.25) is 0 Å². The van der Waals surface area contributed by atoms with Crippen molar-refractivity contribution in [1.29, 1.82) is 0 Å². The maximum absolute atomic E-state index is 10.6. The minimum absolute atomic E-state index is 0.288. The smallest absolute Gasteiger partial charge is 0.194 e. The lowest BCUT2D eigenvalue weighted by Crippen LogP contribution is -2.41. The van der Waals surface area contributed by atoms with Crippen molar-refractivity contribution in [1.82, 2.24) is 15.1 Å². The van der Waals surface area contributed by atoms with Crippen LogP contribution in [-0.4, -0.2) is 66.7 Å². The van der Waals surface area contributed by atoms with Gasteiger partial charge in [-0.05, 0) is 64.3 Å². The Kier molecular flexibility index (Phi) is 6.02. The topological polar surface area (TPSA) is 64.2 Å². The average molecular weight is 348 g/mol. The van der Waals surface area contributed by atoms with Crippen LogP contribution in [0.1, 0.15) is 38.9 Å². The van der Waals surface area contributed by atoms with E-state index < -0.39 is 5.60 Å². The molecule has 6 heteroatoms. The number of likely N-dealkylation sites (tertiary alicyclic amines) is 2. The molecule has 3 rings (SSSR count). The van der Waals surface area contributed by atoms with Crippen LogP contribution in [0.4, 0.5) is 0 Å². The van der Waals surface area contributed by atoms with E-state index in [-0.39, 0.29) is 6.54 Å². The summed E-state index contributed by atoms with van der Waals surface area (Å²) < 4.78 is 5.35. The van der Waals surface area contributed by atoms with Crippen LogP contribution in [0.25, 0.3) is 0 Å².